The molecule has 0 unspecified atom stereocenters. The summed E-state index contributed by atoms with van der Waals surface area (Å²) < 4.78 is 6.27. The molecule has 0 aliphatic rings. The number of pyridine rings is 1. The van der Waals surface area contributed by atoms with Gasteiger partial charge in [-0.05, 0) is 51.9 Å². The SMILES string of the molecule is CN(C)c1ccc(/C=C/c2cnc(OCCO)c(I)c2)cc1. The fourth-order valence-corrected chi connectivity index (χ4v) is 2.51. The molecule has 0 aliphatic carbocycles. The van der Waals surface area contributed by atoms with Gasteiger partial charge in [-0.3, -0.25) is 0 Å². The number of hydrogen-bond donors (Lipinski definition) is 1. The second-order valence-corrected chi connectivity index (χ2v) is 6.11. The van der Waals surface area contributed by atoms with Crippen LogP contribution in [0.4, 0.5) is 5.69 Å². The number of anilines is 1. The van der Waals surface area contributed by atoms with Crippen molar-refractivity contribution in [3.8, 4) is 5.88 Å². The predicted molar refractivity (Wildman–Crippen MR) is 99.2 cm³/mol. The van der Waals surface area contributed by atoms with Gasteiger partial charge < -0.3 is 14.7 Å². The summed E-state index contributed by atoms with van der Waals surface area (Å²) in [7, 11) is 4.05. The van der Waals surface area contributed by atoms with Crippen molar-refractivity contribution >= 4 is 40.4 Å². The number of benzene rings is 1. The van der Waals surface area contributed by atoms with Crippen LogP contribution in [0.1, 0.15) is 11.1 Å². The zero-order chi connectivity index (χ0) is 15.9. The third-order valence-corrected chi connectivity index (χ3v) is 3.81. The number of aliphatic hydroxyl groups excluding tert-OH is 1. The molecule has 116 valence electrons. The molecule has 0 aliphatic heterocycles. The molecule has 1 aromatic carbocycles. The van der Waals surface area contributed by atoms with Gasteiger partial charge in [-0.2, -0.15) is 0 Å². The van der Waals surface area contributed by atoms with Crippen molar-refractivity contribution < 1.29 is 9.84 Å². The van der Waals surface area contributed by atoms with Crippen molar-refractivity contribution in [1.29, 1.82) is 0 Å². The lowest BCUT2D eigenvalue weighted by Crippen LogP contribution is -2.07. The molecular weight excluding hydrogens is 391 g/mol. The molecule has 0 atom stereocenters. The Morgan fingerprint density at radius 1 is 1.18 bits per heavy atom. The number of halogens is 1. The van der Waals surface area contributed by atoms with E-state index in [1.54, 1.807) is 6.20 Å². The number of aromatic nitrogens is 1. The monoisotopic (exact) mass is 410 g/mol. The number of ether oxygens (including phenoxy) is 1. The molecule has 5 heteroatoms. The van der Waals surface area contributed by atoms with E-state index in [9.17, 15) is 0 Å². The minimum Gasteiger partial charge on any atom is -0.474 e. The van der Waals surface area contributed by atoms with Crippen LogP contribution in [0, 0.1) is 3.57 Å². The molecule has 4 nitrogen and oxygen atoms in total. The number of hydrogen-bond acceptors (Lipinski definition) is 4. The molecule has 0 saturated carbocycles. The van der Waals surface area contributed by atoms with Gasteiger partial charge in [0.15, 0.2) is 0 Å². The third kappa shape index (κ3) is 4.71. The summed E-state index contributed by atoms with van der Waals surface area (Å²) in [5, 5.41) is 8.77. The Kier molecular flexibility index (Phi) is 6.21. The van der Waals surface area contributed by atoms with Crippen LogP contribution in [-0.4, -0.2) is 37.4 Å². The maximum Gasteiger partial charge on any atom is 0.227 e. The van der Waals surface area contributed by atoms with Crippen LogP contribution in [-0.2, 0) is 0 Å². The van der Waals surface area contributed by atoms with Gasteiger partial charge >= 0.3 is 0 Å². The molecule has 0 radical (unpaired) electrons. The Morgan fingerprint density at radius 2 is 1.86 bits per heavy atom. The van der Waals surface area contributed by atoms with E-state index in [4.69, 9.17) is 9.84 Å². The summed E-state index contributed by atoms with van der Waals surface area (Å²) in [5.41, 5.74) is 3.33. The maximum absolute atomic E-state index is 8.77. The second-order valence-electron chi connectivity index (χ2n) is 4.95. The van der Waals surface area contributed by atoms with Gasteiger partial charge in [0.25, 0.3) is 0 Å². The smallest absolute Gasteiger partial charge is 0.227 e. The van der Waals surface area contributed by atoms with Crippen LogP contribution >= 0.6 is 22.6 Å². The highest BCUT2D eigenvalue weighted by atomic mass is 127. The normalized spacial score (nSPS) is 10.9. The van der Waals surface area contributed by atoms with Crippen LogP contribution < -0.4 is 9.64 Å². The standard InChI is InChI=1S/C17H19IN2O2/c1-20(2)15-7-5-13(6-8-15)3-4-14-11-16(18)17(19-12-14)22-10-9-21/h3-8,11-12,21H,9-10H2,1-2H3/b4-3+. The molecule has 22 heavy (non-hydrogen) atoms. The van der Waals surface area contributed by atoms with E-state index < -0.39 is 0 Å². The van der Waals surface area contributed by atoms with Crippen molar-refractivity contribution in [3.05, 3.63) is 51.2 Å². The topological polar surface area (TPSA) is 45.6 Å². The first-order valence-electron chi connectivity index (χ1n) is 6.95. The number of rotatable bonds is 6. The van der Waals surface area contributed by atoms with E-state index in [1.807, 2.05) is 26.2 Å². The Labute approximate surface area is 144 Å². The molecule has 0 saturated heterocycles. The lowest BCUT2D eigenvalue weighted by Gasteiger charge is -2.11. The highest BCUT2D eigenvalue weighted by Crippen LogP contribution is 2.20. The molecule has 1 heterocycles. The van der Waals surface area contributed by atoms with Gasteiger partial charge in [-0.1, -0.05) is 24.3 Å². The molecule has 0 amide bonds. The first kappa shape index (κ1) is 16.8. The molecule has 0 bridgehead atoms. The first-order valence-corrected chi connectivity index (χ1v) is 8.02. The van der Waals surface area contributed by atoms with Gasteiger partial charge in [0.05, 0.1) is 10.2 Å². The molecule has 0 spiro atoms. The summed E-state index contributed by atoms with van der Waals surface area (Å²) >= 11 is 2.18. The fourth-order valence-electron chi connectivity index (χ4n) is 1.86. The minimum atomic E-state index is -0.0115. The highest BCUT2D eigenvalue weighted by molar-refractivity contribution is 14.1. The van der Waals surface area contributed by atoms with Crippen LogP contribution in [0.15, 0.2) is 36.5 Å². The number of nitrogens with zero attached hydrogens (tertiary/aromatic N) is 2. The summed E-state index contributed by atoms with van der Waals surface area (Å²) in [4.78, 5) is 6.34. The van der Waals surface area contributed by atoms with Crippen LogP contribution in [0.5, 0.6) is 5.88 Å². The zero-order valence-corrected chi connectivity index (χ0v) is 14.8. The highest BCUT2D eigenvalue weighted by Gasteiger charge is 2.02. The van der Waals surface area contributed by atoms with E-state index in [-0.39, 0.29) is 13.2 Å². The van der Waals surface area contributed by atoms with Crippen LogP contribution in [0.2, 0.25) is 0 Å². The second kappa shape index (κ2) is 8.14. The Bertz CT molecular complexity index is 640. The van der Waals surface area contributed by atoms with Gasteiger partial charge in [0, 0.05) is 26.0 Å². The van der Waals surface area contributed by atoms with Crippen molar-refractivity contribution in [2.75, 3.05) is 32.2 Å². The minimum absolute atomic E-state index is 0.0115. The zero-order valence-electron chi connectivity index (χ0n) is 12.7. The average Bonchev–Trinajstić information content (AvgIpc) is 2.52. The molecule has 1 N–H and O–H groups in total. The molecule has 2 rings (SSSR count). The molecule has 0 fully saturated rings. The summed E-state index contributed by atoms with van der Waals surface area (Å²) in [6.07, 6.45) is 5.84. The van der Waals surface area contributed by atoms with Crippen molar-refractivity contribution in [3.63, 3.8) is 0 Å². The lowest BCUT2D eigenvalue weighted by molar-refractivity contribution is 0.196. The lowest BCUT2D eigenvalue weighted by atomic mass is 10.1. The summed E-state index contributed by atoms with van der Waals surface area (Å²) in [5.74, 6) is 0.558. The van der Waals surface area contributed by atoms with E-state index in [0.29, 0.717) is 5.88 Å². The largest absolute Gasteiger partial charge is 0.474 e. The Balaban J connectivity index is 2.07. The third-order valence-electron chi connectivity index (χ3n) is 3.04. The summed E-state index contributed by atoms with van der Waals surface area (Å²) in [6, 6.07) is 10.4. The molecule has 2 aromatic rings. The van der Waals surface area contributed by atoms with Crippen molar-refractivity contribution in [1.82, 2.24) is 4.98 Å². The van der Waals surface area contributed by atoms with Crippen LogP contribution in [0.3, 0.4) is 0 Å². The average molecular weight is 410 g/mol. The van der Waals surface area contributed by atoms with Crippen molar-refractivity contribution in [2.24, 2.45) is 0 Å². The first-order chi connectivity index (χ1) is 10.6. The van der Waals surface area contributed by atoms with Crippen LogP contribution in [0.25, 0.3) is 12.2 Å². The number of aliphatic hydroxyl groups is 1. The Hall–Kier alpha value is -1.60. The fraction of sp³-hybridized carbons (Fsp3) is 0.235. The quantitative estimate of drug-likeness (QED) is 0.743. The van der Waals surface area contributed by atoms with Crippen molar-refractivity contribution in [2.45, 2.75) is 0 Å². The maximum atomic E-state index is 8.77. The van der Waals surface area contributed by atoms with E-state index >= 15 is 0 Å². The molecular formula is C17H19IN2O2. The molecule has 1 aromatic heterocycles. The summed E-state index contributed by atoms with van der Waals surface area (Å²) in [6.45, 7) is 0.249. The van der Waals surface area contributed by atoms with Gasteiger partial charge in [0.2, 0.25) is 5.88 Å². The Morgan fingerprint density at radius 3 is 2.45 bits per heavy atom. The van der Waals surface area contributed by atoms with E-state index in [1.165, 1.54) is 5.69 Å². The van der Waals surface area contributed by atoms with Gasteiger partial charge in [-0.25, -0.2) is 4.98 Å². The predicted octanol–water partition coefficient (Wildman–Crippen LogP) is 3.29. The van der Waals surface area contributed by atoms with E-state index in [0.717, 1.165) is 14.7 Å². The van der Waals surface area contributed by atoms with Gasteiger partial charge in [-0.15, -0.1) is 0 Å². The van der Waals surface area contributed by atoms with E-state index in [2.05, 4.69) is 62.8 Å². The van der Waals surface area contributed by atoms with Gasteiger partial charge in [0.1, 0.15) is 6.61 Å².